The van der Waals surface area contributed by atoms with Crippen molar-refractivity contribution in [3.05, 3.63) is 98.6 Å². The van der Waals surface area contributed by atoms with Crippen LogP contribution in [0.25, 0.3) is 11.1 Å². The van der Waals surface area contributed by atoms with Crippen LogP contribution in [-0.4, -0.2) is 4.92 Å². The van der Waals surface area contributed by atoms with Crippen LogP contribution in [0.3, 0.4) is 0 Å². The Morgan fingerprint density at radius 1 is 0.833 bits per heavy atom. The van der Waals surface area contributed by atoms with Crippen molar-refractivity contribution >= 4 is 5.69 Å². The van der Waals surface area contributed by atoms with Gasteiger partial charge in [0.2, 0.25) is 0 Å². The Bertz CT molecular complexity index is 1250. The van der Waals surface area contributed by atoms with Gasteiger partial charge in [-0.05, 0) is 71.5 Å². The van der Waals surface area contributed by atoms with E-state index in [1.54, 1.807) is 12.1 Å². The molecular weight excluding hydrogens is 370 g/mol. The second-order valence-corrected chi connectivity index (χ2v) is 7.51. The van der Waals surface area contributed by atoms with Gasteiger partial charge in [-0.2, -0.15) is 0 Å². The van der Waals surface area contributed by atoms with Gasteiger partial charge in [-0.25, -0.2) is 0 Å². The summed E-state index contributed by atoms with van der Waals surface area (Å²) in [6, 6.07) is 19.0. The number of nitro benzene ring substituents is 1. The fraction of sp³-hybridized carbons (Fsp3) is 0.185. The molecule has 0 N–H and O–H groups in total. The number of benzene rings is 3. The first-order valence-corrected chi connectivity index (χ1v) is 10.0. The van der Waals surface area contributed by atoms with Crippen molar-refractivity contribution in [1.82, 2.24) is 0 Å². The fourth-order valence-electron chi connectivity index (χ4n) is 4.49. The van der Waals surface area contributed by atoms with Crippen molar-refractivity contribution in [2.24, 2.45) is 0 Å². The van der Waals surface area contributed by atoms with Crippen LogP contribution >= 0.6 is 0 Å². The van der Waals surface area contributed by atoms with Crippen LogP contribution in [0.2, 0.25) is 0 Å². The zero-order valence-electron chi connectivity index (χ0n) is 17.0. The van der Waals surface area contributed by atoms with Crippen molar-refractivity contribution in [1.29, 1.82) is 0 Å². The summed E-state index contributed by atoms with van der Waals surface area (Å²) in [4.78, 5) is 10.4. The summed E-state index contributed by atoms with van der Waals surface area (Å²) in [5, 5.41) is 10.8. The van der Waals surface area contributed by atoms with E-state index in [2.05, 4.69) is 55.9 Å². The molecule has 1 aliphatic rings. The molecule has 0 saturated heterocycles. The van der Waals surface area contributed by atoms with Crippen LogP contribution in [0.5, 0.6) is 0 Å². The predicted molar refractivity (Wildman–Crippen MR) is 120 cm³/mol. The van der Waals surface area contributed by atoms with Crippen LogP contribution in [0.1, 0.15) is 54.5 Å². The van der Waals surface area contributed by atoms with E-state index in [-0.39, 0.29) is 11.1 Å². The number of fused-ring (bicyclic) bond motifs is 3. The third kappa shape index (κ3) is 3.06. The van der Waals surface area contributed by atoms with Crippen molar-refractivity contribution in [2.75, 3.05) is 0 Å². The number of hydrogen-bond acceptors (Lipinski definition) is 2. The lowest BCUT2D eigenvalue weighted by molar-refractivity contribution is -0.384. The largest absolute Gasteiger partial charge is 0.269 e. The lowest BCUT2D eigenvalue weighted by atomic mass is 9.73. The molecule has 0 spiro atoms. The van der Waals surface area contributed by atoms with E-state index < -0.39 is 4.92 Å². The third-order valence-corrected chi connectivity index (χ3v) is 6.16. The number of rotatable bonds is 3. The Hall–Kier alpha value is -3.82. The summed E-state index contributed by atoms with van der Waals surface area (Å²) < 4.78 is 0. The SMILES string of the molecule is C#Cc1ccc2c(c1)C(CC)(CC)c1cc(C#Cc3ccc([N+](=O)[O-])cc3)ccc1-2. The van der Waals surface area contributed by atoms with Crippen molar-refractivity contribution in [3.8, 4) is 35.3 Å². The lowest BCUT2D eigenvalue weighted by Crippen LogP contribution is -2.23. The van der Waals surface area contributed by atoms with Crippen LogP contribution < -0.4 is 0 Å². The van der Waals surface area contributed by atoms with Gasteiger partial charge in [0.15, 0.2) is 0 Å². The molecule has 4 rings (SSSR count). The molecule has 1 aliphatic carbocycles. The molecule has 0 fully saturated rings. The first-order chi connectivity index (χ1) is 14.5. The van der Waals surface area contributed by atoms with Crippen LogP contribution in [0.15, 0.2) is 60.7 Å². The quantitative estimate of drug-likeness (QED) is 0.309. The summed E-state index contributed by atoms with van der Waals surface area (Å²) in [5.41, 5.74) is 7.70. The molecule has 3 heteroatoms. The highest BCUT2D eigenvalue weighted by molar-refractivity contribution is 5.82. The summed E-state index contributed by atoms with van der Waals surface area (Å²) in [6.45, 7) is 4.44. The molecule has 30 heavy (non-hydrogen) atoms. The molecule has 3 aromatic carbocycles. The highest BCUT2D eigenvalue weighted by Crippen LogP contribution is 2.52. The molecule has 0 amide bonds. The van der Waals surface area contributed by atoms with Gasteiger partial charge in [-0.3, -0.25) is 10.1 Å². The summed E-state index contributed by atoms with van der Waals surface area (Å²) in [7, 11) is 0. The molecule has 0 atom stereocenters. The van der Waals surface area contributed by atoms with Crippen molar-refractivity contribution in [3.63, 3.8) is 0 Å². The Morgan fingerprint density at radius 3 is 1.87 bits per heavy atom. The van der Waals surface area contributed by atoms with E-state index in [4.69, 9.17) is 6.42 Å². The minimum absolute atomic E-state index is 0.0669. The monoisotopic (exact) mass is 391 g/mol. The maximum Gasteiger partial charge on any atom is 0.269 e. The minimum atomic E-state index is -0.407. The number of hydrogen-bond donors (Lipinski definition) is 0. The Labute approximate surface area is 176 Å². The normalized spacial score (nSPS) is 12.8. The first-order valence-electron chi connectivity index (χ1n) is 10.0. The molecule has 0 aromatic heterocycles. The molecular formula is C27H21NO2. The van der Waals surface area contributed by atoms with E-state index in [0.717, 1.165) is 29.5 Å². The molecule has 3 aromatic rings. The Morgan fingerprint density at radius 2 is 1.33 bits per heavy atom. The Kier molecular flexibility index (Phi) is 4.90. The highest BCUT2D eigenvalue weighted by Gasteiger charge is 2.40. The average Bonchev–Trinajstić information content (AvgIpc) is 3.06. The van der Waals surface area contributed by atoms with Gasteiger partial charge in [0.1, 0.15) is 0 Å². The smallest absolute Gasteiger partial charge is 0.258 e. The topological polar surface area (TPSA) is 43.1 Å². The maximum atomic E-state index is 10.8. The third-order valence-electron chi connectivity index (χ3n) is 6.16. The molecule has 0 aliphatic heterocycles. The van der Waals surface area contributed by atoms with E-state index in [0.29, 0.717) is 0 Å². The standard InChI is InChI=1S/C27H21NO2/c1-4-19-11-15-23-24-16-12-21(8-7-20-9-13-22(14-10-20)28(29)30)18-26(24)27(5-2,6-3)25(23)17-19/h1,9-18H,5-6H2,2-3H3. The summed E-state index contributed by atoms with van der Waals surface area (Å²) in [5.74, 6) is 9.11. The number of nitro groups is 1. The van der Waals surface area contributed by atoms with Gasteiger partial charge in [0.05, 0.1) is 4.92 Å². The Balaban J connectivity index is 1.77. The number of non-ortho nitro benzene ring substituents is 1. The highest BCUT2D eigenvalue weighted by atomic mass is 16.6. The molecule has 0 bridgehead atoms. The zero-order valence-corrected chi connectivity index (χ0v) is 17.0. The van der Waals surface area contributed by atoms with E-state index in [9.17, 15) is 10.1 Å². The van der Waals surface area contributed by atoms with Crippen molar-refractivity contribution < 1.29 is 4.92 Å². The molecule has 0 radical (unpaired) electrons. The average molecular weight is 391 g/mol. The van der Waals surface area contributed by atoms with Gasteiger partial charge in [-0.15, -0.1) is 6.42 Å². The van der Waals surface area contributed by atoms with Gasteiger partial charge in [-0.1, -0.05) is 43.7 Å². The molecule has 146 valence electrons. The fourth-order valence-corrected chi connectivity index (χ4v) is 4.49. The molecule has 0 saturated carbocycles. The first kappa shape index (κ1) is 19.5. The second-order valence-electron chi connectivity index (χ2n) is 7.51. The number of nitrogens with zero attached hydrogens (tertiary/aromatic N) is 1. The van der Waals surface area contributed by atoms with Crippen LogP contribution in [0, 0.1) is 34.3 Å². The van der Waals surface area contributed by atoms with Crippen LogP contribution in [-0.2, 0) is 5.41 Å². The van der Waals surface area contributed by atoms with E-state index in [1.807, 2.05) is 12.1 Å². The molecule has 0 unspecified atom stereocenters. The minimum Gasteiger partial charge on any atom is -0.258 e. The summed E-state index contributed by atoms with van der Waals surface area (Å²) in [6.07, 6.45) is 7.63. The predicted octanol–water partition coefficient (Wildman–Crippen LogP) is 6.06. The van der Waals surface area contributed by atoms with E-state index in [1.165, 1.54) is 34.4 Å². The van der Waals surface area contributed by atoms with Gasteiger partial charge in [0, 0.05) is 34.2 Å². The zero-order chi connectivity index (χ0) is 21.3. The molecule has 0 heterocycles. The molecule has 3 nitrogen and oxygen atoms in total. The summed E-state index contributed by atoms with van der Waals surface area (Å²) >= 11 is 0. The van der Waals surface area contributed by atoms with Crippen LogP contribution in [0.4, 0.5) is 5.69 Å². The maximum absolute atomic E-state index is 10.8. The van der Waals surface area contributed by atoms with Gasteiger partial charge < -0.3 is 0 Å². The lowest BCUT2D eigenvalue weighted by Gasteiger charge is -2.29. The second kappa shape index (κ2) is 7.54. The van der Waals surface area contributed by atoms with E-state index >= 15 is 0 Å². The number of terminal acetylenes is 1. The van der Waals surface area contributed by atoms with Gasteiger partial charge >= 0.3 is 0 Å². The van der Waals surface area contributed by atoms with Gasteiger partial charge in [0.25, 0.3) is 5.69 Å². The van der Waals surface area contributed by atoms with Crippen molar-refractivity contribution in [2.45, 2.75) is 32.1 Å².